The van der Waals surface area contributed by atoms with Crippen molar-refractivity contribution in [2.24, 2.45) is 0 Å². The molecule has 5 heteroatoms. The fourth-order valence-corrected chi connectivity index (χ4v) is 3.11. The highest BCUT2D eigenvalue weighted by molar-refractivity contribution is 5.98. The molecule has 0 aliphatic carbocycles. The van der Waals surface area contributed by atoms with Crippen LogP contribution < -0.4 is 4.90 Å². The number of halogens is 1. The van der Waals surface area contributed by atoms with Crippen molar-refractivity contribution < 1.29 is 14.0 Å². The van der Waals surface area contributed by atoms with Gasteiger partial charge in [-0.3, -0.25) is 9.59 Å². The quantitative estimate of drug-likeness (QED) is 0.840. The minimum Gasteiger partial charge on any atom is -0.333 e. The second-order valence-electron chi connectivity index (χ2n) is 6.24. The number of nitrogens with zero attached hydrogens (tertiary/aromatic N) is 2. The monoisotopic (exact) mass is 340 g/mol. The second-order valence-corrected chi connectivity index (χ2v) is 6.24. The van der Waals surface area contributed by atoms with Crippen molar-refractivity contribution in [1.82, 2.24) is 4.90 Å². The van der Waals surface area contributed by atoms with Crippen LogP contribution in [0.3, 0.4) is 0 Å². The fourth-order valence-electron chi connectivity index (χ4n) is 3.11. The molecule has 2 aromatic carbocycles. The normalized spacial score (nSPS) is 12.8. The number of para-hydroxylation sites is 1. The van der Waals surface area contributed by atoms with Crippen molar-refractivity contribution in [2.75, 3.05) is 24.5 Å². The number of fused-ring (bicyclic) bond motifs is 1. The molecular weight excluding hydrogens is 319 g/mol. The summed E-state index contributed by atoms with van der Waals surface area (Å²) in [5.74, 6) is -0.489. The Kier molecular flexibility index (Phi) is 5.12. The topological polar surface area (TPSA) is 40.6 Å². The van der Waals surface area contributed by atoms with E-state index in [-0.39, 0.29) is 24.2 Å². The van der Waals surface area contributed by atoms with Crippen LogP contribution >= 0.6 is 0 Å². The summed E-state index contributed by atoms with van der Waals surface area (Å²) >= 11 is 0. The van der Waals surface area contributed by atoms with E-state index in [0.29, 0.717) is 19.5 Å². The van der Waals surface area contributed by atoms with E-state index >= 15 is 0 Å². The third-order valence-electron chi connectivity index (χ3n) is 4.54. The van der Waals surface area contributed by atoms with E-state index in [1.54, 1.807) is 21.9 Å². The maximum Gasteiger partial charge on any atom is 0.246 e. The smallest absolute Gasteiger partial charge is 0.246 e. The standard InChI is InChI=1S/C20H21FN2O2/c1-15(24)22(12-10-16-6-8-18(21)9-7-16)14-20(25)23-13-11-17-4-2-3-5-19(17)23/h2-9H,10-14H2,1H3. The molecule has 1 aliphatic heterocycles. The van der Waals surface area contributed by atoms with Crippen molar-refractivity contribution in [3.05, 3.63) is 65.5 Å². The molecule has 0 unspecified atom stereocenters. The van der Waals surface area contributed by atoms with Gasteiger partial charge in [-0.25, -0.2) is 4.39 Å². The average Bonchev–Trinajstić information content (AvgIpc) is 3.04. The number of carbonyl (C=O) groups is 2. The molecule has 0 saturated carbocycles. The summed E-state index contributed by atoms with van der Waals surface area (Å²) in [5.41, 5.74) is 3.04. The van der Waals surface area contributed by atoms with Gasteiger partial charge in [-0.15, -0.1) is 0 Å². The number of rotatable bonds is 5. The van der Waals surface area contributed by atoms with Gasteiger partial charge in [0.15, 0.2) is 0 Å². The molecule has 0 atom stereocenters. The fraction of sp³-hybridized carbons (Fsp3) is 0.300. The van der Waals surface area contributed by atoms with Crippen LogP contribution in [0.5, 0.6) is 0 Å². The van der Waals surface area contributed by atoms with Gasteiger partial charge in [0.25, 0.3) is 0 Å². The zero-order chi connectivity index (χ0) is 17.8. The van der Waals surface area contributed by atoms with Gasteiger partial charge in [0.2, 0.25) is 11.8 Å². The molecule has 130 valence electrons. The lowest BCUT2D eigenvalue weighted by molar-refractivity contribution is -0.133. The SMILES string of the molecule is CC(=O)N(CCc1ccc(F)cc1)CC(=O)N1CCc2ccccc21. The molecule has 2 aromatic rings. The van der Waals surface area contributed by atoms with Gasteiger partial charge < -0.3 is 9.80 Å². The van der Waals surface area contributed by atoms with Crippen LogP contribution in [-0.4, -0.2) is 36.3 Å². The minimum atomic E-state index is -0.282. The lowest BCUT2D eigenvalue weighted by atomic mass is 10.1. The van der Waals surface area contributed by atoms with Crippen LogP contribution in [0, 0.1) is 5.82 Å². The Hall–Kier alpha value is -2.69. The van der Waals surface area contributed by atoms with Gasteiger partial charge in [-0.1, -0.05) is 30.3 Å². The second kappa shape index (κ2) is 7.47. The summed E-state index contributed by atoms with van der Waals surface area (Å²) in [6.07, 6.45) is 1.43. The number of hydrogen-bond acceptors (Lipinski definition) is 2. The molecule has 2 amide bonds. The van der Waals surface area contributed by atoms with Crippen molar-refractivity contribution >= 4 is 17.5 Å². The summed E-state index contributed by atoms with van der Waals surface area (Å²) in [5, 5.41) is 0. The van der Waals surface area contributed by atoms with Crippen LogP contribution in [0.1, 0.15) is 18.1 Å². The van der Waals surface area contributed by atoms with Gasteiger partial charge in [-0.2, -0.15) is 0 Å². The van der Waals surface area contributed by atoms with E-state index in [9.17, 15) is 14.0 Å². The summed E-state index contributed by atoms with van der Waals surface area (Å²) < 4.78 is 13.0. The molecule has 25 heavy (non-hydrogen) atoms. The van der Waals surface area contributed by atoms with Crippen LogP contribution in [0.25, 0.3) is 0 Å². The predicted octanol–water partition coefficient (Wildman–Crippen LogP) is 2.81. The summed E-state index contributed by atoms with van der Waals surface area (Å²) in [6, 6.07) is 14.1. The van der Waals surface area contributed by atoms with E-state index < -0.39 is 0 Å². The Balaban J connectivity index is 1.63. The van der Waals surface area contributed by atoms with E-state index in [1.165, 1.54) is 19.1 Å². The Morgan fingerprint density at radius 1 is 1.12 bits per heavy atom. The Morgan fingerprint density at radius 3 is 2.56 bits per heavy atom. The van der Waals surface area contributed by atoms with Crippen LogP contribution in [0.15, 0.2) is 48.5 Å². The molecule has 3 rings (SSSR count). The molecule has 0 radical (unpaired) electrons. The molecule has 0 spiro atoms. The Bertz CT molecular complexity index is 774. The lowest BCUT2D eigenvalue weighted by Gasteiger charge is -2.24. The van der Waals surface area contributed by atoms with Gasteiger partial charge >= 0.3 is 0 Å². The largest absolute Gasteiger partial charge is 0.333 e. The van der Waals surface area contributed by atoms with Crippen molar-refractivity contribution in [2.45, 2.75) is 19.8 Å². The molecule has 1 heterocycles. The summed E-state index contributed by atoms with van der Waals surface area (Å²) in [6.45, 7) is 2.62. The molecule has 0 saturated heterocycles. The first kappa shape index (κ1) is 17.1. The first-order chi connectivity index (χ1) is 12.0. The maximum atomic E-state index is 13.0. The third-order valence-corrected chi connectivity index (χ3v) is 4.54. The molecule has 0 aromatic heterocycles. The van der Waals surface area contributed by atoms with E-state index in [4.69, 9.17) is 0 Å². The van der Waals surface area contributed by atoms with Crippen molar-refractivity contribution in [3.63, 3.8) is 0 Å². The minimum absolute atomic E-state index is 0.0604. The predicted molar refractivity (Wildman–Crippen MR) is 94.9 cm³/mol. The Morgan fingerprint density at radius 2 is 1.84 bits per heavy atom. The number of hydrogen-bond donors (Lipinski definition) is 0. The highest BCUT2D eigenvalue weighted by Crippen LogP contribution is 2.27. The van der Waals surface area contributed by atoms with Gasteiger partial charge in [-0.05, 0) is 42.2 Å². The highest BCUT2D eigenvalue weighted by Gasteiger charge is 2.26. The highest BCUT2D eigenvalue weighted by atomic mass is 19.1. The molecule has 0 bridgehead atoms. The van der Waals surface area contributed by atoms with E-state index in [1.807, 2.05) is 24.3 Å². The molecule has 0 fully saturated rings. The third kappa shape index (κ3) is 4.05. The van der Waals surface area contributed by atoms with Gasteiger partial charge in [0, 0.05) is 25.7 Å². The number of amides is 2. The zero-order valence-electron chi connectivity index (χ0n) is 14.2. The van der Waals surface area contributed by atoms with E-state index in [0.717, 1.165) is 23.2 Å². The summed E-state index contributed by atoms with van der Waals surface area (Å²) in [4.78, 5) is 27.9. The Labute approximate surface area is 146 Å². The van der Waals surface area contributed by atoms with E-state index in [2.05, 4.69) is 0 Å². The molecule has 1 aliphatic rings. The lowest BCUT2D eigenvalue weighted by Crippen LogP contribution is -2.42. The first-order valence-electron chi connectivity index (χ1n) is 8.43. The number of carbonyl (C=O) groups excluding carboxylic acids is 2. The molecule has 4 nitrogen and oxygen atoms in total. The van der Waals surface area contributed by atoms with Crippen LogP contribution in [0.4, 0.5) is 10.1 Å². The van der Waals surface area contributed by atoms with Crippen LogP contribution in [-0.2, 0) is 22.4 Å². The zero-order valence-corrected chi connectivity index (χ0v) is 14.2. The van der Waals surface area contributed by atoms with Gasteiger partial charge in [0.05, 0.1) is 0 Å². The molecular formula is C20H21FN2O2. The van der Waals surface area contributed by atoms with Crippen molar-refractivity contribution in [1.29, 1.82) is 0 Å². The van der Waals surface area contributed by atoms with Crippen LogP contribution in [0.2, 0.25) is 0 Å². The number of anilines is 1. The average molecular weight is 340 g/mol. The van der Waals surface area contributed by atoms with Crippen molar-refractivity contribution in [3.8, 4) is 0 Å². The number of benzene rings is 2. The van der Waals surface area contributed by atoms with Gasteiger partial charge in [0.1, 0.15) is 12.4 Å². The molecule has 0 N–H and O–H groups in total. The maximum absolute atomic E-state index is 13.0. The summed E-state index contributed by atoms with van der Waals surface area (Å²) in [7, 11) is 0. The first-order valence-corrected chi connectivity index (χ1v) is 8.43.